The monoisotopic (exact) mass is 512 g/mol. The van der Waals surface area contributed by atoms with Gasteiger partial charge in [0.2, 0.25) is 5.91 Å². The van der Waals surface area contributed by atoms with Gasteiger partial charge in [-0.15, -0.1) is 0 Å². The fourth-order valence-electron chi connectivity index (χ4n) is 4.70. The van der Waals surface area contributed by atoms with Crippen molar-refractivity contribution in [2.45, 2.75) is 64.6 Å². The van der Waals surface area contributed by atoms with Crippen molar-refractivity contribution in [3.05, 3.63) is 59.7 Å². The third-order valence-electron chi connectivity index (χ3n) is 6.89. The van der Waals surface area contributed by atoms with Crippen molar-refractivity contribution in [2.75, 3.05) is 46.0 Å². The van der Waals surface area contributed by atoms with Gasteiger partial charge in [0.25, 0.3) is 0 Å². The minimum atomic E-state index is 0.146. The predicted octanol–water partition coefficient (Wildman–Crippen LogP) is 4.36. The van der Waals surface area contributed by atoms with Crippen molar-refractivity contribution in [1.82, 2.24) is 10.2 Å². The summed E-state index contributed by atoms with van der Waals surface area (Å²) in [6.45, 7) is 9.48. The standard InChI is InChI=1S/C15H21NO3.C15H23NO2/c1-12(17)16-9-6-14(7-10-16)19-11-8-13-4-2-3-5-15(13)18;1-2-17-15-6-4-3-5-13(15)9-12-18-14-7-10-16-11-8-14/h2-5,14,18H,6-11H2,1H3;3-6,14,16H,2,7-12H2,1H3. The molecule has 37 heavy (non-hydrogen) atoms. The molecule has 2 fully saturated rings. The van der Waals surface area contributed by atoms with Gasteiger partial charge in [-0.25, -0.2) is 0 Å². The summed E-state index contributed by atoms with van der Waals surface area (Å²) in [5.41, 5.74) is 2.16. The van der Waals surface area contributed by atoms with Crippen molar-refractivity contribution in [3.63, 3.8) is 0 Å². The number of benzene rings is 2. The Hall–Kier alpha value is -2.61. The van der Waals surface area contributed by atoms with E-state index >= 15 is 0 Å². The van der Waals surface area contributed by atoms with Gasteiger partial charge in [0.15, 0.2) is 0 Å². The van der Waals surface area contributed by atoms with E-state index in [-0.39, 0.29) is 12.0 Å². The Kier molecular flexibility index (Phi) is 12.7. The molecule has 0 unspecified atom stereocenters. The second-order valence-electron chi connectivity index (χ2n) is 9.57. The predicted molar refractivity (Wildman–Crippen MR) is 146 cm³/mol. The van der Waals surface area contributed by atoms with Crippen LogP contribution < -0.4 is 10.1 Å². The zero-order valence-corrected chi connectivity index (χ0v) is 22.5. The Labute approximate surface area is 222 Å². The molecule has 0 spiro atoms. The van der Waals surface area contributed by atoms with Gasteiger partial charge >= 0.3 is 0 Å². The molecule has 1 amide bonds. The highest BCUT2D eigenvalue weighted by atomic mass is 16.5. The van der Waals surface area contributed by atoms with E-state index in [4.69, 9.17) is 14.2 Å². The number of amides is 1. The summed E-state index contributed by atoms with van der Waals surface area (Å²) in [5.74, 6) is 1.47. The van der Waals surface area contributed by atoms with Crippen LogP contribution in [0, 0.1) is 0 Å². The molecule has 204 valence electrons. The van der Waals surface area contributed by atoms with E-state index in [0.29, 0.717) is 25.1 Å². The molecule has 2 aromatic carbocycles. The molecular weight excluding hydrogens is 468 g/mol. The highest BCUT2D eigenvalue weighted by Gasteiger charge is 2.21. The normalized spacial score (nSPS) is 16.6. The summed E-state index contributed by atoms with van der Waals surface area (Å²) in [6.07, 6.45) is 6.40. The summed E-state index contributed by atoms with van der Waals surface area (Å²) in [5, 5.41) is 13.0. The van der Waals surface area contributed by atoms with Crippen molar-refractivity contribution in [2.24, 2.45) is 0 Å². The lowest BCUT2D eigenvalue weighted by molar-refractivity contribution is -0.131. The number of carbonyl (C=O) groups is 1. The first-order valence-electron chi connectivity index (χ1n) is 13.7. The van der Waals surface area contributed by atoms with E-state index in [1.807, 2.05) is 42.2 Å². The number of hydrogen-bond donors (Lipinski definition) is 2. The summed E-state index contributed by atoms with van der Waals surface area (Å²) >= 11 is 0. The van der Waals surface area contributed by atoms with Gasteiger partial charge in [-0.1, -0.05) is 36.4 Å². The zero-order valence-electron chi connectivity index (χ0n) is 22.5. The number of phenols is 1. The van der Waals surface area contributed by atoms with E-state index in [0.717, 1.165) is 82.6 Å². The number of aromatic hydroxyl groups is 1. The van der Waals surface area contributed by atoms with Gasteiger partial charge in [0.1, 0.15) is 11.5 Å². The number of hydrogen-bond acceptors (Lipinski definition) is 6. The SMILES string of the molecule is CC(=O)N1CCC(OCCc2ccccc2O)CC1.CCOc1ccccc1CCOC1CCNCC1. The van der Waals surface area contributed by atoms with Gasteiger partial charge < -0.3 is 29.5 Å². The third-order valence-corrected chi connectivity index (χ3v) is 6.89. The Morgan fingerprint density at radius 2 is 1.46 bits per heavy atom. The third kappa shape index (κ3) is 10.3. The van der Waals surface area contributed by atoms with Crippen LogP contribution >= 0.6 is 0 Å². The number of nitrogens with one attached hydrogen (secondary N) is 1. The Morgan fingerprint density at radius 3 is 2.08 bits per heavy atom. The minimum absolute atomic E-state index is 0.146. The average Bonchev–Trinajstić information content (AvgIpc) is 2.92. The molecule has 4 rings (SSSR count). The fourth-order valence-corrected chi connectivity index (χ4v) is 4.70. The maximum absolute atomic E-state index is 11.2. The average molecular weight is 513 g/mol. The van der Waals surface area contributed by atoms with Crippen molar-refractivity contribution < 1.29 is 24.1 Å². The molecule has 2 saturated heterocycles. The Bertz CT molecular complexity index is 924. The highest BCUT2D eigenvalue weighted by Crippen LogP contribution is 2.20. The van der Waals surface area contributed by atoms with E-state index in [1.165, 1.54) is 5.56 Å². The van der Waals surface area contributed by atoms with Crippen molar-refractivity contribution >= 4 is 5.91 Å². The first kappa shape index (κ1) is 29.0. The number of nitrogens with zero attached hydrogens (tertiary/aromatic N) is 1. The molecule has 2 aliphatic rings. The van der Waals surface area contributed by atoms with Gasteiger partial charge in [-0.2, -0.15) is 0 Å². The molecular formula is C30H44N2O5. The van der Waals surface area contributed by atoms with Crippen LogP contribution in [0.1, 0.15) is 50.7 Å². The lowest BCUT2D eigenvalue weighted by Gasteiger charge is -2.31. The fraction of sp³-hybridized carbons (Fsp3) is 0.567. The van der Waals surface area contributed by atoms with Crippen molar-refractivity contribution in [1.29, 1.82) is 0 Å². The van der Waals surface area contributed by atoms with Crippen LogP contribution in [0.5, 0.6) is 11.5 Å². The van der Waals surface area contributed by atoms with Crippen LogP contribution in [0.3, 0.4) is 0 Å². The molecule has 0 saturated carbocycles. The topological polar surface area (TPSA) is 80.3 Å². The second kappa shape index (κ2) is 16.3. The number of phenolic OH excluding ortho intramolecular Hbond substituents is 1. The first-order valence-corrected chi connectivity index (χ1v) is 13.7. The van der Waals surface area contributed by atoms with Crippen LogP contribution in [0.25, 0.3) is 0 Å². The first-order chi connectivity index (χ1) is 18.1. The van der Waals surface area contributed by atoms with Crippen molar-refractivity contribution in [3.8, 4) is 11.5 Å². The van der Waals surface area contributed by atoms with Crippen LogP contribution in [-0.2, 0) is 27.1 Å². The number of rotatable bonds is 10. The van der Waals surface area contributed by atoms with E-state index in [9.17, 15) is 9.90 Å². The van der Waals surface area contributed by atoms with Gasteiger partial charge in [0.05, 0.1) is 32.0 Å². The van der Waals surface area contributed by atoms with Crippen LogP contribution in [0.15, 0.2) is 48.5 Å². The van der Waals surface area contributed by atoms with Crippen LogP contribution in [-0.4, -0.2) is 74.1 Å². The Balaban J connectivity index is 0.000000206. The summed E-state index contributed by atoms with van der Waals surface area (Å²) in [6, 6.07) is 15.6. The molecule has 0 bridgehead atoms. The van der Waals surface area contributed by atoms with E-state index in [1.54, 1.807) is 13.0 Å². The van der Waals surface area contributed by atoms with Gasteiger partial charge in [-0.3, -0.25) is 4.79 Å². The zero-order chi connectivity index (χ0) is 26.3. The number of piperidine rings is 2. The lowest BCUT2D eigenvalue weighted by atomic mass is 10.1. The molecule has 0 atom stereocenters. The molecule has 2 N–H and O–H groups in total. The lowest BCUT2D eigenvalue weighted by Crippen LogP contribution is -2.39. The maximum Gasteiger partial charge on any atom is 0.219 e. The molecule has 0 aromatic heterocycles. The van der Waals surface area contributed by atoms with Gasteiger partial charge in [-0.05, 0) is 81.8 Å². The summed E-state index contributed by atoms with van der Waals surface area (Å²) < 4.78 is 17.4. The smallest absolute Gasteiger partial charge is 0.219 e. The molecule has 7 heteroatoms. The highest BCUT2D eigenvalue weighted by molar-refractivity contribution is 5.73. The number of carbonyl (C=O) groups excluding carboxylic acids is 1. The molecule has 2 heterocycles. The van der Waals surface area contributed by atoms with E-state index in [2.05, 4.69) is 17.4 Å². The second-order valence-corrected chi connectivity index (χ2v) is 9.57. The van der Waals surface area contributed by atoms with E-state index < -0.39 is 0 Å². The van der Waals surface area contributed by atoms with Crippen LogP contribution in [0.2, 0.25) is 0 Å². The molecule has 2 aliphatic heterocycles. The largest absolute Gasteiger partial charge is 0.508 e. The quantitative estimate of drug-likeness (QED) is 0.493. The molecule has 0 radical (unpaired) electrons. The number of para-hydroxylation sites is 2. The molecule has 2 aromatic rings. The molecule has 0 aliphatic carbocycles. The molecule has 7 nitrogen and oxygen atoms in total. The summed E-state index contributed by atoms with van der Waals surface area (Å²) in [7, 11) is 0. The minimum Gasteiger partial charge on any atom is -0.508 e. The summed E-state index contributed by atoms with van der Waals surface area (Å²) in [4.78, 5) is 13.1. The number of ether oxygens (including phenoxy) is 3. The maximum atomic E-state index is 11.2. The Morgan fingerprint density at radius 1 is 0.892 bits per heavy atom. The van der Waals surface area contributed by atoms with Crippen LogP contribution in [0.4, 0.5) is 0 Å². The number of likely N-dealkylation sites (tertiary alicyclic amines) is 1. The van der Waals surface area contributed by atoms with Gasteiger partial charge in [0, 0.05) is 20.0 Å².